The van der Waals surface area contributed by atoms with E-state index in [1.165, 1.54) is 10.5 Å². The Morgan fingerprint density at radius 3 is 2.64 bits per heavy atom. The first-order valence-corrected chi connectivity index (χ1v) is 7.86. The molecule has 7 heteroatoms. The van der Waals surface area contributed by atoms with Gasteiger partial charge in [0.05, 0.1) is 12.3 Å². The lowest BCUT2D eigenvalue weighted by Crippen LogP contribution is -2.05. The van der Waals surface area contributed by atoms with Crippen molar-refractivity contribution in [2.45, 2.75) is 20.8 Å². The first-order chi connectivity index (χ1) is 12.0. The molecule has 0 aliphatic rings. The third kappa shape index (κ3) is 3.35. The fraction of sp³-hybridized carbons (Fsp3) is 0.222. The molecule has 0 spiro atoms. The largest absolute Gasteiger partial charge is 0.504 e. The summed E-state index contributed by atoms with van der Waals surface area (Å²) in [6.07, 6.45) is 1.65. The van der Waals surface area contributed by atoms with Gasteiger partial charge in [-0.2, -0.15) is 0 Å². The van der Waals surface area contributed by atoms with Gasteiger partial charge in [0.15, 0.2) is 22.9 Å². The van der Waals surface area contributed by atoms with Crippen molar-refractivity contribution in [3.05, 3.63) is 53.3 Å². The van der Waals surface area contributed by atoms with E-state index < -0.39 is 5.97 Å². The Hall–Kier alpha value is -3.22. The molecule has 25 heavy (non-hydrogen) atoms. The molecule has 2 aromatic heterocycles. The highest BCUT2D eigenvalue weighted by atomic mass is 16.5. The highest BCUT2D eigenvalue weighted by molar-refractivity contribution is 5.93. The first-order valence-electron chi connectivity index (χ1n) is 7.86. The van der Waals surface area contributed by atoms with E-state index in [1.807, 2.05) is 32.0 Å². The lowest BCUT2D eigenvalue weighted by molar-refractivity contribution is 0.0521. The number of fused-ring (bicyclic) bond motifs is 1. The number of esters is 1. The zero-order chi connectivity index (χ0) is 18.0. The van der Waals surface area contributed by atoms with E-state index in [0.717, 1.165) is 11.1 Å². The lowest BCUT2D eigenvalue weighted by Gasteiger charge is -2.01. The number of hydrogen-bond acceptors (Lipinski definition) is 6. The molecule has 0 amide bonds. The summed E-state index contributed by atoms with van der Waals surface area (Å²) < 4.78 is 6.54. The minimum atomic E-state index is -0.611. The van der Waals surface area contributed by atoms with Gasteiger partial charge in [0.25, 0.3) is 0 Å². The highest BCUT2D eigenvalue weighted by Crippen LogP contribution is 2.29. The average Bonchev–Trinajstić information content (AvgIpc) is 2.92. The lowest BCUT2D eigenvalue weighted by atomic mass is 10.1. The number of aromatic nitrogens is 2. The van der Waals surface area contributed by atoms with Gasteiger partial charge in [-0.25, -0.2) is 9.78 Å². The molecule has 0 saturated heterocycles. The maximum absolute atomic E-state index is 12.2. The number of ether oxygens (including phenoxy) is 1. The molecule has 1 aromatic carbocycles. The number of rotatable bonds is 4. The fourth-order valence-corrected chi connectivity index (χ4v) is 2.59. The van der Waals surface area contributed by atoms with E-state index in [2.05, 4.69) is 15.2 Å². The molecule has 0 atom stereocenters. The average molecular weight is 338 g/mol. The molecule has 1 N–H and O–H groups in total. The zero-order valence-corrected chi connectivity index (χ0v) is 14.2. The quantitative estimate of drug-likeness (QED) is 0.569. The smallest absolute Gasteiger partial charge is 0.360 e. The molecule has 0 saturated carbocycles. The Kier molecular flexibility index (Phi) is 4.47. The van der Waals surface area contributed by atoms with Crippen LogP contribution in [0.5, 0.6) is 5.75 Å². The van der Waals surface area contributed by atoms with Gasteiger partial charge in [0.2, 0.25) is 0 Å². The van der Waals surface area contributed by atoms with Crippen molar-refractivity contribution in [3.8, 4) is 5.75 Å². The van der Waals surface area contributed by atoms with Crippen LogP contribution in [0.25, 0.3) is 5.65 Å². The Morgan fingerprint density at radius 2 is 1.96 bits per heavy atom. The summed E-state index contributed by atoms with van der Waals surface area (Å²) in [7, 11) is 0. The maximum Gasteiger partial charge on any atom is 0.360 e. The van der Waals surface area contributed by atoms with Gasteiger partial charge < -0.3 is 9.84 Å². The van der Waals surface area contributed by atoms with E-state index in [0.29, 0.717) is 5.69 Å². The highest BCUT2D eigenvalue weighted by Gasteiger charge is 2.21. The predicted octanol–water partition coefficient (Wildman–Crippen LogP) is 4.25. The number of hydrogen-bond donors (Lipinski definition) is 1. The van der Waals surface area contributed by atoms with Gasteiger partial charge >= 0.3 is 5.97 Å². The van der Waals surface area contributed by atoms with E-state index in [9.17, 15) is 9.90 Å². The van der Waals surface area contributed by atoms with Crippen LogP contribution in [-0.4, -0.2) is 27.1 Å². The van der Waals surface area contributed by atoms with Crippen molar-refractivity contribution in [2.75, 3.05) is 6.61 Å². The summed E-state index contributed by atoms with van der Waals surface area (Å²) in [6.45, 7) is 5.87. The first kappa shape index (κ1) is 16.6. The molecule has 0 radical (unpaired) electrons. The maximum atomic E-state index is 12.2. The SMILES string of the molecule is CCOC(=O)c1nc2c(O)cccn2c1N=Nc1cc(C)cc(C)c1. The molecule has 3 rings (SSSR count). The summed E-state index contributed by atoms with van der Waals surface area (Å²) in [6, 6.07) is 8.94. The monoisotopic (exact) mass is 338 g/mol. The third-order valence-corrected chi connectivity index (χ3v) is 3.54. The van der Waals surface area contributed by atoms with E-state index >= 15 is 0 Å². The van der Waals surface area contributed by atoms with Crippen molar-refractivity contribution in [1.29, 1.82) is 0 Å². The minimum absolute atomic E-state index is 0.0106. The fourth-order valence-electron chi connectivity index (χ4n) is 2.59. The van der Waals surface area contributed by atoms with Crippen molar-refractivity contribution >= 4 is 23.1 Å². The van der Waals surface area contributed by atoms with Crippen LogP contribution in [0.4, 0.5) is 11.5 Å². The number of aryl methyl sites for hydroxylation is 2. The summed E-state index contributed by atoms with van der Waals surface area (Å²) in [4.78, 5) is 16.3. The second-order valence-electron chi connectivity index (χ2n) is 5.64. The second-order valence-corrected chi connectivity index (χ2v) is 5.64. The summed E-state index contributed by atoms with van der Waals surface area (Å²) in [5.41, 5.74) is 3.03. The van der Waals surface area contributed by atoms with Gasteiger partial charge in [0, 0.05) is 6.20 Å². The second kappa shape index (κ2) is 6.72. The molecule has 2 heterocycles. The van der Waals surface area contributed by atoms with Gasteiger partial charge in [-0.1, -0.05) is 6.07 Å². The van der Waals surface area contributed by atoms with Crippen LogP contribution >= 0.6 is 0 Å². The summed E-state index contributed by atoms with van der Waals surface area (Å²) >= 11 is 0. The van der Waals surface area contributed by atoms with E-state index in [4.69, 9.17) is 4.74 Å². The molecule has 7 nitrogen and oxygen atoms in total. The van der Waals surface area contributed by atoms with Gasteiger partial charge in [-0.05, 0) is 56.2 Å². The molecular formula is C18H18N4O3. The number of azo groups is 1. The Morgan fingerprint density at radius 1 is 1.24 bits per heavy atom. The van der Waals surface area contributed by atoms with Crippen LogP contribution in [-0.2, 0) is 4.74 Å². The normalized spacial score (nSPS) is 11.3. The number of pyridine rings is 1. The standard InChI is InChI=1S/C18H18N4O3/c1-4-25-18(24)15-17(22-7-5-6-14(23)16(22)19-15)21-20-13-9-11(2)8-12(3)10-13/h5-10,23H,4H2,1-3H3. The number of aromatic hydroxyl groups is 1. The van der Waals surface area contributed by atoms with Gasteiger partial charge in [-0.3, -0.25) is 4.40 Å². The Labute approximate surface area is 144 Å². The van der Waals surface area contributed by atoms with Crippen LogP contribution in [0.2, 0.25) is 0 Å². The summed E-state index contributed by atoms with van der Waals surface area (Å²) in [5.74, 6) is -0.454. The summed E-state index contributed by atoms with van der Waals surface area (Å²) in [5, 5.41) is 18.4. The Bertz CT molecular complexity index is 956. The van der Waals surface area contributed by atoms with Crippen LogP contribution in [0.1, 0.15) is 28.5 Å². The number of carbonyl (C=O) groups excluding carboxylic acids is 1. The molecule has 0 aliphatic heterocycles. The molecule has 0 fully saturated rings. The predicted molar refractivity (Wildman–Crippen MR) is 92.9 cm³/mol. The number of benzene rings is 1. The topological polar surface area (TPSA) is 88.5 Å². The number of imidazole rings is 1. The van der Waals surface area contributed by atoms with Crippen molar-refractivity contribution in [3.63, 3.8) is 0 Å². The zero-order valence-electron chi connectivity index (χ0n) is 14.2. The van der Waals surface area contributed by atoms with Crippen molar-refractivity contribution in [2.24, 2.45) is 10.2 Å². The van der Waals surface area contributed by atoms with Crippen LogP contribution in [0.3, 0.4) is 0 Å². The molecule has 0 unspecified atom stereocenters. The molecule has 0 bridgehead atoms. The van der Waals surface area contributed by atoms with E-state index in [1.54, 1.807) is 19.2 Å². The van der Waals surface area contributed by atoms with Crippen LogP contribution in [0.15, 0.2) is 46.8 Å². The van der Waals surface area contributed by atoms with Crippen LogP contribution in [0, 0.1) is 13.8 Å². The van der Waals surface area contributed by atoms with Gasteiger partial charge in [-0.15, -0.1) is 10.2 Å². The number of nitrogens with zero attached hydrogens (tertiary/aromatic N) is 4. The Balaban J connectivity index is 2.12. The number of carbonyl (C=O) groups is 1. The van der Waals surface area contributed by atoms with Gasteiger partial charge in [0.1, 0.15) is 0 Å². The van der Waals surface area contributed by atoms with E-state index in [-0.39, 0.29) is 29.5 Å². The molecule has 128 valence electrons. The molecule has 3 aromatic rings. The van der Waals surface area contributed by atoms with Crippen molar-refractivity contribution in [1.82, 2.24) is 9.38 Å². The molecular weight excluding hydrogens is 320 g/mol. The van der Waals surface area contributed by atoms with Crippen LogP contribution < -0.4 is 0 Å². The molecule has 0 aliphatic carbocycles. The third-order valence-electron chi connectivity index (χ3n) is 3.54. The van der Waals surface area contributed by atoms with Crippen molar-refractivity contribution < 1.29 is 14.6 Å². The minimum Gasteiger partial charge on any atom is -0.504 e.